The Hall–Kier alpha value is -2.62. The van der Waals surface area contributed by atoms with E-state index >= 15 is 0 Å². The van der Waals surface area contributed by atoms with Gasteiger partial charge in [-0.25, -0.2) is 0 Å². The van der Waals surface area contributed by atoms with Gasteiger partial charge in [0.2, 0.25) is 0 Å². The van der Waals surface area contributed by atoms with Gasteiger partial charge >= 0.3 is 0 Å². The second-order valence-electron chi connectivity index (χ2n) is 13.4. The third kappa shape index (κ3) is 11.4. The molecule has 4 unspecified atom stereocenters. The van der Waals surface area contributed by atoms with Crippen LogP contribution in [0.5, 0.6) is 5.75 Å². The SMILES string of the molecule is CCCCCCCC(O)CC(c1cccc(C)c1)c1cc(C)cc(C(CC(O)CCCCCCC)c2cccc(C)c2)c1O. The molecule has 3 aromatic carbocycles. The zero-order chi connectivity index (χ0) is 31.9. The maximum atomic E-state index is 12.1. The monoisotopic (exact) mass is 600 g/mol. The van der Waals surface area contributed by atoms with Gasteiger partial charge in [0, 0.05) is 23.0 Å². The van der Waals surface area contributed by atoms with Gasteiger partial charge in [-0.1, -0.05) is 155 Å². The highest BCUT2D eigenvalue weighted by molar-refractivity contribution is 5.53. The molecule has 3 aromatic rings. The van der Waals surface area contributed by atoms with Crippen LogP contribution in [0.1, 0.15) is 155 Å². The number of aliphatic hydroxyl groups is 2. The quantitative estimate of drug-likeness (QED) is 0.113. The second kappa shape index (κ2) is 19.0. The van der Waals surface area contributed by atoms with E-state index in [0.29, 0.717) is 18.6 Å². The van der Waals surface area contributed by atoms with Crippen LogP contribution in [-0.2, 0) is 0 Å². The Kier molecular flexibility index (Phi) is 15.5. The third-order valence-electron chi connectivity index (χ3n) is 9.25. The molecule has 0 radical (unpaired) electrons. The van der Waals surface area contributed by atoms with E-state index in [-0.39, 0.29) is 11.8 Å². The summed E-state index contributed by atoms with van der Waals surface area (Å²) < 4.78 is 0. The number of phenols is 1. The predicted molar refractivity (Wildman–Crippen MR) is 187 cm³/mol. The molecule has 3 rings (SSSR count). The fourth-order valence-electron chi connectivity index (χ4n) is 6.77. The van der Waals surface area contributed by atoms with Gasteiger partial charge in [0.1, 0.15) is 5.75 Å². The Labute approximate surface area is 268 Å². The lowest BCUT2D eigenvalue weighted by molar-refractivity contribution is 0.145. The molecule has 242 valence electrons. The highest BCUT2D eigenvalue weighted by atomic mass is 16.3. The lowest BCUT2D eigenvalue weighted by atomic mass is 9.79. The smallest absolute Gasteiger partial charge is 0.123 e. The lowest BCUT2D eigenvalue weighted by Gasteiger charge is -2.28. The van der Waals surface area contributed by atoms with E-state index in [1.54, 1.807) is 0 Å². The molecule has 0 aliphatic rings. The molecule has 0 saturated heterocycles. The van der Waals surface area contributed by atoms with Crippen molar-refractivity contribution in [1.82, 2.24) is 0 Å². The van der Waals surface area contributed by atoms with Gasteiger partial charge in [-0.3, -0.25) is 0 Å². The number of phenolic OH excluding ortho intramolecular Hbond substituents is 1. The van der Waals surface area contributed by atoms with Crippen LogP contribution < -0.4 is 0 Å². The maximum Gasteiger partial charge on any atom is 0.123 e. The first-order valence-corrected chi connectivity index (χ1v) is 17.6. The Morgan fingerprint density at radius 3 is 1.32 bits per heavy atom. The Morgan fingerprint density at radius 1 is 0.523 bits per heavy atom. The van der Waals surface area contributed by atoms with Gasteiger partial charge in [-0.05, 0) is 57.6 Å². The molecule has 0 saturated carbocycles. The fraction of sp³-hybridized carbons (Fsp3) is 0.561. The van der Waals surface area contributed by atoms with E-state index in [1.165, 1.54) is 49.7 Å². The summed E-state index contributed by atoms with van der Waals surface area (Å²) in [5.41, 5.74) is 7.44. The van der Waals surface area contributed by atoms with Crippen LogP contribution >= 0.6 is 0 Å². The molecule has 0 aliphatic carbocycles. The van der Waals surface area contributed by atoms with E-state index in [2.05, 4.69) is 95.3 Å². The van der Waals surface area contributed by atoms with Crippen LogP contribution in [0.3, 0.4) is 0 Å². The molecule has 0 bridgehead atoms. The fourth-order valence-corrected chi connectivity index (χ4v) is 6.77. The van der Waals surface area contributed by atoms with E-state index < -0.39 is 12.2 Å². The number of aryl methyl sites for hydroxylation is 3. The van der Waals surface area contributed by atoms with Crippen molar-refractivity contribution in [1.29, 1.82) is 0 Å². The third-order valence-corrected chi connectivity index (χ3v) is 9.25. The van der Waals surface area contributed by atoms with Crippen molar-refractivity contribution in [2.75, 3.05) is 0 Å². The summed E-state index contributed by atoms with van der Waals surface area (Å²) >= 11 is 0. The largest absolute Gasteiger partial charge is 0.507 e. The minimum atomic E-state index is -0.437. The van der Waals surface area contributed by atoms with Crippen LogP contribution in [0.25, 0.3) is 0 Å². The Morgan fingerprint density at radius 2 is 0.932 bits per heavy atom. The molecular formula is C41H60O3. The maximum absolute atomic E-state index is 12.1. The van der Waals surface area contributed by atoms with E-state index in [9.17, 15) is 15.3 Å². The van der Waals surface area contributed by atoms with Gasteiger partial charge in [0.15, 0.2) is 0 Å². The molecular weight excluding hydrogens is 540 g/mol. The van der Waals surface area contributed by atoms with E-state index in [1.807, 2.05) is 0 Å². The number of aromatic hydroxyl groups is 1. The van der Waals surface area contributed by atoms with Crippen molar-refractivity contribution in [2.24, 2.45) is 0 Å². The van der Waals surface area contributed by atoms with Crippen molar-refractivity contribution in [3.05, 3.63) is 99.6 Å². The normalized spacial score (nSPS) is 14.3. The van der Waals surface area contributed by atoms with Gasteiger partial charge < -0.3 is 15.3 Å². The standard InChI is InChI=1S/C41H60O3/c1-6-8-10-12-14-22-35(42)28-37(33-20-16-18-30(3)24-33)39-26-32(5)27-40(41(39)44)38(34-21-17-19-31(4)25-34)29-36(43)23-15-13-11-9-7-2/h16-21,24-27,35-38,42-44H,6-15,22-23,28-29H2,1-5H3. The van der Waals surface area contributed by atoms with Crippen LogP contribution in [-0.4, -0.2) is 27.5 Å². The first kappa shape index (κ1) is 35.9. The van der Waals surface area contributed by atoms with Gasteiger partial charge in [-0.15, -0.1) is 0 Å². The van der Waals surface area contributed by atoms with Crippen molar-refractivity contribution in [3.63, 3.8) is 0 Å². The minimum Gasteiger partial charge on any atom is -0.507 e. The Balaban J connectivity index is 1.97. The van der Waals surface area contributed by atoms with Crippen LogP contribution in [0.2, 0.25) is 0 Å². The second-order valence-corrected chi connectivity index (χ2v) is 13.4. The van der Waals surface area contributed by atoms with Crippen molar-refractivity contribution in [2.45, 2.75) is 149 Å². The summed E-state index contributed by atoms with van der Waals surface area (Å²) in [5, 5.41) is 34.6. The molecule has 0 heterocycles. The van der Waals surface area contributed by atoms with Gasteiger partial charge in [0.05, 0.1) is 12.2 Å². The molecule has 3 heteroatoms. The highest BCUT2D eigenvalue weighted by Gasteiger charge is 2.28. The van der Waals surface area contributed by atoms with Gasteiger partial charge in [0.25, 0.3) is 0 Å². The first-order chi connectivity index (χ1) is 21.2. The van der Waals surface area contributed by atoms with Crippen LogP contribution in [0.4, 0.5) is 0 Å². The van der Waals surface area contributed by atoms with E-state index in [0.717, 1.165) is 66.3 Å². The number of rotatable bonds is 20. The molecule has 0 aliphatic heterocycles. The molecule has 3 nitrogen and oxygen atoms in total. The predicted octanol–water partition coefficient (Wildman–Crippen LogP) is 10.8. The average molecular weight is 601 g/mol. The highest BCUT2D eigenvalue weighted by Crippen LogP contribution is 2.44. The summed E-state index contributed by atoms with van der Waals surface area (Å²) in [6.07, 6.45) is 13.5. The van der Waals surface area contributed by atoms with Crippen molar-refractivity contribution in [3.8, 4) is 5.75 Å². The summed E-state index contributed by atoms with van der Waals surface area (Å²) in [7, 11) is 0. The molecule has 4 atom stereocenters. The van der Waals surface area contributed by atoms with Crippen LogP contribution in [0.15, 0.2) is 60.7 Å². The van der Waals surface area contributed by atoms with E-state index in [4.69, 9.17) is 0 Å². The zero-order valence-electron chi connectivity index (χ0n) is 28.3. The molecule has 0 amide bonds. The Bertz CT molecular complexity index is 1160. The summed E-state index contributed by atoms with van der Waals surface area (Å²) in [4.78, 5) is 0. The number of hydrogen-bond acceptors (Lipinski definition) is 3. The molecule has 0 fully saturated rings. The molecule has 3 N–H and O–H groups in total. The summed E-state index contributed by atoms with van der Waals surface area (Å²) in [5.74, 6) is 0.0561. The zero-order valence-corrected chi connectivity index (χ0v) is 28.3. The number of hydrogen-bond donors (Lipinski definition) is 3. The molecule has 44 heavy (non-hydrogen) atoms. The number of benzene rings is 3. The van der Waals surface area contributed by atoms with Gasteiger partial charge in [-0.2, -0.15) is 0 Å². The average Bonchev–Trinajstić information content (AvgIpc) is 2.99. The molecule has 0 aromatic heterocycles. The van der Waals surface area contributed by atoms with Crippen LogP contribution in [0, 0.1) is 20.8 Å². The molecule has 0 spiro atoms. The minimum absolute atomic E-state index is 0.124. The summed E-state index contributed by atoms with van der Waals surface area (Å²) in [6.45, 7) is 10.8. The van der Waals surface area contributed by atoms with Crippen molar-refractivity contribution >= 4 is 0 Å². The number of unbranched alkanes of at least 4 members (excludes halogenated alkanes) is 8. The number of aliphatic hydroxyl groups excluding tert-OH is 2. The first-order valence-electron chi connectivity index (χ1n) is 17.6. The lowest BCUT2D eigenvalue weighted by Crippen LogP contribution is -2.17. The summed E-state index contributed by atoms with van der Waals surface area (Å²) in [6, 6.07) is 21.2. The topological polar surface area (TPSA) is 60.7 Å². The van der Waals surface area contributed by atoms with Crippen molar-refractivity contribution < 1.29 is 15.3 Å².